The molecule has 6 heteroatoms. The largest absolute Gasteiger partial charge is 0.379 e. The monoisotopic (exact) mass is 339 g/mol. The number of nitrogens with one attached hydrogen (secondary N) is 1. The van der Waals surface area contributed by atoms with Gasteiger partial charge in [-0.25, -0.2) is 4.98 Å². The van der Waals surface area contributed by atoms with E-state index in [0.29, 0.717) is 0 Å². The highest BCUT2D eigenvalue weighted by atomic mass is 16.5. The van der Waals surface area contributed by atoms with Gasteiger partial charge in [-0.05, 0) is 18.1 Å². The number of hydrogen-bond donors (Lipinski definition) is 1. The molecule has 0 atom stereocenters. The minimum atomic E-state index is 0.830. The van der Waals surface area contributed by atoms with E-state index in [2.05, 4.69) is 49.7 Å². The maximum atomic E-state index is 5.39. The summed E-state index contributed by atoms with van der Waals surface area (Å²) in [7, 11) is 0. The minimum Gasteiger partial charge on any atom is -0.379 e. The molecular weight excluding hydrogens is 314 g/mol. The summed E-state index contributed by atoms with van der Waals surface area (Å²) in [5.41, 5.74) is 5.57. The standard InChI is InChI=1S/C19H25N5O/c1-2-16-13-21-18-14-22-19-15(4-3-5-17(19)24(16)18)12-20-6-7-23-8-10-25-11-9-23/h3-5,13-14,20H,2,6-12H2,1H3. The van der Waals surface area contributed by atoms with Gasteiger partial charge in [-0.15, -0.1) is 0 Å². The van der Waals surface area contributed by atoms with Crippen LogP contribution in [-0.2, 0) is 17.7 Å². The molecule has 6 nitrogen and oxygen atoms in total. The summed E-state index contributed by atoms with van der Waals surface area (Å²) in [4.78, 5) is 11.6. The quantitative estimate of drug-likeness (QED) is 0.695. The molecular formula is C19H25N5O. The lowest BCUT2D eigenvalue weighted by Crippen LogP contribution is -2.40. The molecule has 0 spiro atoms. The Morgan fingerprint density at radius 3 is 2.88 bits per heavy atom. The van der Waals surface area contributed by atoms with Crippen LogP contribution in [0.25, 0.3) is 16.7 Å². The summed E-state index contributed by atoms with van der Waals surface area (Å²) in [5.74, 6) is 0. The Bertz CT molecular complexity index is 854. The Labute approximate surface area is 147 Å². The molecule has 1 aromatic carbocycles. The van der Waals surface area contributed by atoms with Gasteiger partial charge in [0.1, 0.15) is 0 Å². The smallest absolute Gasteiger partial charge is 0.155 e. The van der Waals surface area contributed by atoms with E-state index in [1.807, 2.05) is 12.4 Å². The first kappa shape index (κ1) is 16.4. The van der Waals surface area contributed by atoms with Gasteiger partial charge in [-0.3, -0.25) is 14.3 Å². The second-order valence-electron chi connectivity index (χ2n) is 6.47. The van der Waals surface area contributed by atoms with E-state index in [9.17, 15) is 0 Å². The minimum absolute atomic E-state index is 0.830. The lowest BCUT2D eigenvalue weighted by Gasteiger charge is -2.26. The molecule has 0 radical (unpaired) electrons. The molecule has 0 aliphatic carbocycles. The number of ether oxygens (including phenoxy) is 1. The molecule has 3 heterocycles. The van der Waals surface area contributed by atoms with E-state index in [-0.39, 0.29) is 0 Å². The lowest BCUT2D eigenvalue weighted by atomic mass is 10.1. The predicted molar refractivity (Wildman–Crippen MR) is 98.8 cm³/mol. The van der Waals surface area contributed by atoms with Crippen molar-refractivity contribution in [2.75, 3.05) is 39.4 Å². The summed E-state index contributed by atoms with van der Waals surface area (Å²) >= 11 is 0. The number of aryl methyl sites for hydroxylation is 1. The van der Waals surface area contributed by atoms with Crippen LogP contribution < -0.4 is 5.32 Å². The first-order chi connectivity index (χ1) is 12.4. The normalized spacial score (nSPS) is 16.0. The average molecular weight is 339 g/mol. The van der Waals surface area contributed by atoms with Gasteiger partial charge in [0.15, 0.2) is 5.65 Å². The lowest BCUT2D eigenvalue weighted by molar-refractivity contribution is 0.0384. The molecule has 4 rings (SSSR count). The van der Waals surface area contributed by atoms with Crippen molar-refractivity contribution in [3.05, 3.63) is 41.9 Å². The molecule has 1 aliphatic heterocycles. The van der Waals surface area contributed by atoms with Crippen molar-refractivity contribution in [2.45, 2.75) is 19.9 Å². The molecule has 0 bridgehead atoms. The van der Waals surface area contributed by atoms with Gasteiger partial charge in [-0.2, -0.15) is 0 Å². The van der Waals surface area contributed by atoms with Gasteiger partial charge in [0.05, 0.1) is 30.4 Å². The zero-order valence-electron chi connectivity index (χ0n) is 14.7. The fraction of sp³-hybridized carbons (Fsp3) is 0.474. The first-order valence-electron chi connectivity index (χ1n) is 9.10. The summed E-state index contributed by atoms with van der Waals surface area (Å²) in [5, 5.41) is 3.56. The van der Waals surface area contributed by atoms with Crippen LogP contribution in [0.3, 0.4) is 0 Å². The van der Waals surface area contributed by atoms with Crippen molar-refractivity contribution in [2.24, 2.45) is 0 Å². The zero-order valence-corrected chi connectivity index (χ0v) is 14.7. The van der Waals surface area contributed by atoms with Gasteiger partial charge in [-0.1, -0.05) is 19.1 Å². The summed E-state index contributed by atoms with van der Waals surface area (Å²) < 4.78 is 7.61. The molecule has 132 valence electrons. The highest BCUT2D eigenvalue weighted by molar-refractivity contribution is 5.81. The van der Waals surface area contributed by atoms with Gasteiger partial charge in [0.25, 0.3) is 0 Å². The number of nitrogens with zero attached hydrogens (tertiary/aromatic N) is 4. The molecule has 1 aliphatic rings. The van der Waals surface area contributed by atoms with Crippen LogP contribution in [0.15, 0.2) is 30.6 Å². The third kappa shape index (κ3) is 3.38. The molecule has 1 fully saturated rings. The Morgan fingerprint density at radius 1 is 1.16 bits per heavy atom. The fourth-order valence-electron chi connectivity index (χ4n) is 3.48. The average Bonchev–Trinajstić information content (AvgIpc) is 3.10. The molecule has 0 unspecified atom stereocenters. The predicted octanol–water partition coefficient (Wildman–Crippen LogP) is 1.87. The summed E-state index contributed by atoms with van der Waals surface area (Å²) in [6.45, 7) is 8.81. The number of morpholine rings is 1. The maximum Gasteiger partial charge on any atom is 0.155 e. The topological polar surface area (TPSA) is 54.7 Å². The highest BCUT2D eigenvalue weighted by Gasteiger charge is 2.11. The summed E-state index contributed by atoms with van der Waals surface area (Å²) in [6.07, 6.45) is 4.78. The van der Waals surface area contributed by atoms with Crippen LogP contribution in [0.5, 0.6) is 0 Å². The third-order valence-corrected chi connectivity index (χ3v) is 4.90. The zero-order chi connectivity index (χ0) is 17.1. The van der Waals surface area contributed by atoms with Crippen LogP contribution in [0, 0.1) is 0 Å². The molecule has 1 N–H and O–H groups in total. The van der Waals surface area contributed by atoms with E-state index >= 15 is 0 Å². The van der Waals surface area contributed by atoms with Crippen LogP contribution >= 0.6 is 0 Å². The third-order valence-electron chi connectivity index (χ3n) is 4.90. The second kappa shape index (κ2) is 7.47. The van der Waals surface area contributed by atoms with Crippen molar-refractivity contribution >= 4 is 16.7 Å². The van der Waals surface area contributed by atoms with E-state index < -0.39 is 0 Å². The van der Waals surface area contributed by atoms with E-state index in [0.717, 1.165) is 69.0 Å². The molecule has 0 amide bonds. The number of para-hydroxylation sites is 1. The molecule has 0 saturated carbocycles. The van der Waals surface area contributed by atoms with Crippen LogP contribution in [0.2, 0.25) is 0 Å². The van der Waals surface area contributed by atoms with Crippen LogP contribution in [0.1, 0.15) is 18.2 Å². The van der Waals surface area contributed by atoms with Crippen molar-refractivity contribution in [3.8, 4) is 0 Å². The van der Waals surface area contributed by atoms with Gasteiger partial charge in [0, 0.05) is 44.6 Å². The Kier molecular flexibility index (Phi) is 4.92. The molecule has 25 heavy (non-hydrogen) atoms. The number of imidazole rings is 1. The SMILES string of the molecule is CCc1cnc2cnc3c(CNCCN4CCOCC4)cccc3n12. The number of fused-ring (bicyclic) bond motifs is 3. The van der Waals surface area contributed by atoms with Gasteiger partial charge in [0.2, 0.25) is 0 Å². The molecule has 3 aromatic rings. The van der Waals surface area contributed by atoms with Crippen LogP contribution in [-0.4, -0.2) is 58.7 Å². The summed E-state index contributed by atoms with van der Waals surface area (Å²) in [6, 6.07) is 6.40. The number of hydrogen-bond acceptors (Lipinski definition) is 5. The van der Waals surface area contributed by atoms with E-state index in [1.165, 1.54) is 11.3 Å². The van der Waals surface area contributed by atoms with Gasteiger partial charge >= 0.3 is 0 Å². The maximum absolute atomic E-state index is 5.39. The number of benzene rings is 1. The number of aromatic nitrogens is 3. The van der Waals surface area contributed by atoms with Crippen molar-refractivity contribution in [3.63, 3.8) is 0 Å². The van der Waals surface area contributed by atoms with Crippen molar-refractivity contribution in [1.82, 2.24) is 24.6 Å². The highest BCUT2D eigenvalue weighted by Crippen LogP contribution is 2.20. The first-order valence-corrected chi connectivity index (χ1v) is 9.10. The molecule has 1 saturated heterocycles. The van der Waals surface area contributed by atoms with Crippen molar-refractivity contribution < 1.29 is 4.74 Å². The van der Waals surface area contributed by atoms with Gasteiger partial charge < -0.3 is 10.1 Å². The molecule has 2 aromatic heterocycles. The fourth-order valence-corrected chi connectivity index (χ4v) is 3.48. The van der Waals surface area contributed by atoms with Crippen LogP contribution in [0.4, 0.5) is 0 Å². The number of rotatable bonds is 6. The van der Waals surface area contributed by atoms with E-state index in [1.54, 1.807) is 0 Å². The van der Waals surface area contributed by atoms with E-state index in [4.69, 9.17) is 4.74 Å². The Balaban J connectivity index is 1.49. The second-order valence-corrected chi connectivity index (χ2v) is 6.47. The Morgan fingerprint density at radius 2 is 2.04 bits per heavy atom. The van der Waals surface area contributed by atoms with Crippen molar-refractivity contribution in [1.29, 1.82) is 0 Å². The Hall–Kier alpha value is -2.02.